The van der Waals surface area contributed by atoms with Crippen molar-refractivity contribution in [1.29, 1.82) is 0 Å². The highest BCUT2D eigenvalue weighted by Crippen LogP contribution is 2.34. The SMILES string of the molecule is COc1ccc2c(F)c(OC(F)(F)F)c(F)cc2c1. The second kappa shape index (κ2) is 4.56. The van der Waals surface area contributed by atoms with Gasteiger partial charge in [-0.25, -0.2) is 8.78 Å². The molecule has 2 aromatic rings. The van der Waals surface area contributed by atoms with E-state index in [0.29, 0.717) is 5.75 Å². The lowest BCUT2D eigenvalue weighted by Gasteiger charge is -2.12. The van der Waals surface area contributed by atoms with E-state index < -0.39 is 23.7 Å². The van der Waals surface area contributed by atoms with E-state index in [1.165, 1.54) is 25.3 Å². The topological polar surface area (TPSA) is 18.5 Å². The number of halogens is 5. The second-order valence-electron chi connectivity index (χ2n) is 3.64. The molecule has 0 amide bonds. The predicted molar refractivity (Wildman–Crippen MR) is 57.1 cm³/mol. The van der Waals surface area contributed by atoms with Crippen LogP contribution < -0.4 is 9.47 Å². The molecule has 0 aliphatic rings. The van der Waals surface area contributed by atoms with Gasteiger partial charge in [-0.2, -0.15) is 0 Å². The average Bonchev–Trinajstić information content (AvgIpc) is 2.32. The molecule has 7 heteroatoms. The van der Waals surface area contributed by atoms with Crippen LogP contribution in [0.1, 0.15) is 0 Å². The first-order valence-electron chi connectivity index (χ1n) is 5.03. The molecule has 0 unspecified atom stereocenters. The van der Waals surface area contributed by atoms with Crippen LogP contribution in [0.15, 0.2) is 24.3 Å². The van der Waals surface area contributed by atoms with Gasteiger partial charge < -0.3 is 9.47 Å². The minimum absolute atomic E-state index is 0.0730. The molecule has 0 radical (unpaired) electrons. The number of ether oxygens (including phenoxy) is 2. The monoisotopic (exact) mass is 278 g/mol. The van der Waals surface area contributed by atoms with Crippen LogP contribution in [0.25, 0.3) is 10.8 Å². The largest absolute Gasteiger partial charge is 0.573 e. The van der Waals surface area contributed by atoms with Crippen LogP contribution in [0.3, 0.4) is 0 Å². The molecule has 19 heavy (non-hydrogen) atoms. The Hall–Kier alpha value is -2.05. The van der Waals surface area contributed by atoms with Gasteiger partial charge in [0.25, 0.3) is 0 Å². The number of hydrogen-bond donors (Lipinski definition) is 0. The van der Waals surface area contributed by atoms with Gasteiger partial charge in [-0.05, 0) is 29.7 Å². The molecule has 0 atom stereocenters. The Balaban J connectivity index is 2.62. The normalized spacial score (nSPS) is 11.7. The van der Waals surface area contributed by atoms with Gasteiger partial charge >= 0.3 is 6.36 Å². The minimum Gasteiger partial charge on any atom is -0.497 e. The molecule has 2 aromatic carbocycles. The van der Waals surface area contributed by atoms with Crippen molar-refractivity contribution >= 4 is 10.8 Å². The standard InChI is InChI=1S/C12H7F5O2/c1-18-7-2-3-8-6(4-7)5-9(13)11(10(8)14)19-12(15,16)17/h2-5H,1H3. The van der Waals surface area contributed by atoms with E-state index in [4.69, 9.17) is 4.74 Å². The molecule has 0 heterocycles. The molecule has 0 saturated heterocycles. The van der Waals surface area contributed by atoms with Gasteiger partial charge in [-0.15, -0.1) is 13.2 Å². The molecule has 0 saturated carbocycles. The first-order chi connectivity index (χ1) is 8.81. The summed E-state index contributed by atoms with van der Waals surface area (Å²) in [5, 5.41) is -0.120. The van der Waals surface area contributed by atoms with Gasteiger partial charge in [0.05, 0.1) is 7.11 Å². The summed E-state index contributed by atoms with van der Waals surface area (Å²) < 4.78 is 71.6. The third kappa shape index (κ3) is 2.69. The summed E-state index contributed by atoms with van der Waals surface area (Å²) in [6.07, 6.45) is -5.16. The van der Waals surface area contributed by atoms with Crippen LogP contribution in [0.2, 0.25) is 0 Å². The van der Waals surface area contributed by atoms with Crippen molar-refractivity contribution in [3.63, 3.8) is 0 Å². The molecule has 0 aliphatic carbocycles. The Morgan fingerprint density at radius 3 is 2.32 bits per heavy atom. The fourth-order valence-corrected chi connectivity index (χ4v) is 1.63. The molecule has 2 nitrogen and oxygen atoms in total. The second-order valence-corrected chi connectivity index (χ2v) is 3.64. The van der Waals surface area contributed by atoms with Gasteiger partial charge in [-0.1, -0.05) is 0 Å². The van der Waals surface area contributed by atoms with Gasteiger partial charge in [-0.3, -0.25) is 0 Å². The summed E-state index contributed by atoms with van der Waals surface area (Å²) in [5.74, 6) is -3.98. The first-order valence-corrected chi connectivity index (χ1v) is 5.03. The lowest BCUT2D eigenvalue weighted by atomic mass is 10.1. The number of hydrogen-bond acceptors (Lipinski definition) is 2. The van der Waals surface area contributed by atoms with E-state index in [1.54, 1.807) is 0 Å². The molecule has 0 aromatic heterocycles. The number of alkyl halides is 3. The van der Waals surface area contributed by atoms with E-state index in [2.05, 4.69) is 4.74 Å². The highest BCUT2D eigenvalue weighted by Gasteiger charge is 2.34. The van der Waals surface area contributed by atoms with Gasteiger partial charge in [0.1, 0.15) is 5.75 Å². The molecule has 0 aliphatic heterocycles. The maximum atomic E-state index is 13.8. The van der Waals surface area contributed by atoms with Gasteiger partial charge in [0, 0.05) is 5.39 Å². The smallest absolute Gasteiger partial charge is 0.497 e. The Labute approximate surface area is 104 Å². The van der Waals surface area contributed by atoms with Crippen LogP contribution in [-0.4, -0.2) is 13.5 Å². The van der Waals surface area contributed by atoms with Crippen molar-refractivity contribution in [2.45, 2.75) is 6.36 Å². The molecule has 102 valence electrons. The number of fused-ring (bicyclic) bond motifs is 1. The highest BCUT2D eigenvalue weighted by molar-refractivity contribution is 5.86. The quantitative estimate of drug-likeness (QED) is 0.772. The van der Waals surface area contributed by atoms with Crippen LogP contribution in [0.5, 0.6) is 11.5 Å². The maximum Gasteiger partial charge on any atom is 0.573 e. The third-order valence-electron chi connectivity index (χ3n) is 2.41. The molecule has 0 N–H and O–H groups in total. The zero-order valence-electron chi connectivity index (χ0n) is 9.52. The van der Waals surface area contributed by atoms with Crippen molar-refractivity contribution in [3.8, 4) is 11.5 Å². The van der Waals surface area contributed by atoms with E-state index in [0.717, 1.165) is 6.07 Å². The van der Waals surface area contributed by atoms with Gasteiger partial charge in [0.15, 0.2) is 11.6 Å². The maximum absolute atomic E-state index is 13.8. The van der Waals surface area contributed by atoms with E-state index in [9.17, 15) is 22.0 Å². The van der Waals surface area contributed by atoms with Crippen LogP contribution in [-0.2, 0) is 0 Å². The van der Waals surface area contributed by atoms with Crippen LogP contribution >= 0.6 is 0 Å². The summed E-state index contributed by atoms with van der Waals surface area (Å²) in [6, 6.07) is 4.59. The average molecular weight is 278 g/mol. The molecule has 0 spiro atoms. The highest BCUT2D eigenvalue weighted by atomic mass is 19.4. The lowest BCUT2D eigenvalue weighted by molar-refractivity contribution is -0.276. The molecular weight excluding hydrogens is 271 g/mol. The van der Waals surface area contributed by atoms with Crippen molar-refractivity contribution in [2.24, 2.45) is 0 Å². The summed E-state index contributed by atoms with van der Waals surface area (Å²) in [6.45, 7) is 0. The van der Waals surface area contributed by atoms with E-state index in [1.807, 2.05) is 0 Å². The zero-order chi connectivity index (χ0) is 14.2. The number of rotatable bonds is 2. The predicted octanol–water partition coefficient (Wildman–Crippen LogP) is 4.03. The van der Waals surface area contributed by atoms with Crippen molar-refractivity contribution in [3.05, 3.63) is 35.9 Å². The van der Waals surface area contributed by atoms with Crippen molar-refractivity contribution in [1.82, 2.24) is 0 Å². The Kier molecular flexibility index (Phi) is 3.21. The fraction of sp³-hybridized carbons (Fsp3) is 0.167. The Morgan fingerprint density at radius 2 is 1.74 bits per heavy atom. The van der Waals surface area contributed by atoms with Crippen molar-refractivity contribution in [2.75, 3.05) is 7.11 Å². The van der Waals surface area contributed by atoms with Gasteiger partial charge in [0.2, 0.25) is 5.75 Å². The minimum atomic E-state index is -5.16. The Morgan fingerprint density at radius 1 is 1.05 bits per heavy atom. The fourth-order valence-electron chi connectivity index (χ4n) is 1.63. The van der Waals surface area contributed by atoms with Crippen LogP contribution in [0.4, 0.5) is 22.0 Å². The van der Waals surface area contributed by atoms with Crippen LogP contribution in [0, 0.1) is 11.6 Å². The number of methoxy groups -OCH3 is 1. The summed E-state index contributed by atoms with van der Waals surface area (Å²) in [7, 11) is 1.36. The molecule has 0 bridgehead atoms. The summed E-state index contributed by atoms with van der Waals surface area (Å²) in [5.41, 5.74) is 0. The summed E-state index contributed by atoms with van der Waals surface area (Å²) in [4.78, 5) is 0. The molecule has 0 fully saturated rings. The zero-order valence-corrected chi connectivity index (χ0v) is 9.52. The summed E-state index contributed by atoms with van der Waals surface area (Å²) >= 11 is 0. The van der Waals surface area contributed by atoms with E-state index >= 15 is 0 Å². The Bertz CT molecular complexity index is 622. The van der Waals surface area contributed by atoms with E-state index in [-0.39, 0.29) is 10.8 Å². The molecular formula is C12H7F5O2. The number of benzene rings is 2. The molecule has 2 rings (SSSR count). The lowest BCUT2D eigenvalue weighted by Crippen LogP contribution is -2.19. The van der Waals surface area contributed by atoms with Crippen molar-refractivity contribution < 1.29 is 31.4 Å². The first kappa shape index (κ1) is 13.4. The third-order valence-corrected chi connectivity index (χ3v) is 2.41.